The highest BCUT2D eigenvalue weighted by Crippen LogP contribution is 2.30. The number of carbonyl (C=O) groups excluding carboxylic acids is 1. The summed E-state index contributed by atoms with van der Waals surface area (Å²) < 4.78 is 13.2. The Balaban J connectivity index is 1.34. The predicted octanol–water partition coefficient (Wildman–Crippen LogP) is -0.327. The number of carbonyl (C=O) groups is 1. The van der Waals surface area contributed by atoms with Crippen LogP contribution in [0.25, 0.3) is 0 Å². The van der Waals surface area contributed by atoms with Crippen LogP contribution in [0, 0.1) is 0 Å². The van der Waals surface area contributed by atoms with Gasteiger partial charge in [-0.05, 0) is 6.42 Å². The zero-order valence-corrected chi connectivity index (χ0v) is 13.3. The van der Waals surface area contributed by atoms with Gasteiger partial charge in [0.1, 0.15) is 0 Å². The average molecular weight is 321 g/mol. The van der Waals surface area contributed by atoms with Gasteiger partial charge in [0, 0.05) is 39.1 Å². The van der Waals surface area contributed by atoms with E-state index in [1.165, 1.54) is 0 Å². The lowest BCUT2D eigenvalue weighted by Crippen LogP contribution is -2.50. The van der Waals surface area contributed by atoms with Gasteiger partial charge in [0.05, 0.1) is 43.9 Å². The Labute approximate surface area is 135 Å². The van der Waals surface area contributed by atoms with Crippen LogP contribution in [0.15, 0.2) is 6.20 Å². The van der Waals surface area contributed by atoms with E-state index in [2.05, 4.69) is 15.2 Å². The Morgan fingerprint density at radius 3 is 3.04 bits per heavy atom. The number of amides is 1. The Morgan fingerprint density at radius 1 is 1.30 bits per heavy atom. The smallest absolute Gasteiger partial charge is 0.223 e. The summed E-state index contributed by atoms with van der Waals surface area (Å²) in [5.41, 5.74) is 0.994. The van der Waals surface area contributed by atoms with Crippen LogP contribution >= 0.6 is 0 Å². The molecular weight excluding hydrogens is 298 g/mol. The molecule has 0 bridgehead atoms. The number of hydrogen-bond donors (Lipinski definition) is 0. The highest BCUT2D eigenvalue weighted by Gasteiger charge is 2.37. The summed E-state index contributed by atoms with van der Waals surface area (Å²) in [5.74, 6) is 0.224. The zero-order valence-electron chi connectivity index (χ0n) is 13.3. The van der Waals surface area contributed by atoms with Gasteiger partial charge in [0.25, 0.3) is 0 Å². The molecule has 2 saturated heterocycles. The minimum atomic E-state index is 0.0994. The van der Waals surface area contributed by atoms with E-state index in [1.807, 2.05) is 9.58 Å². The van der Waals surface area contributed by atoms with Crippen molar-refractivity contribution in [3.63, 3.8) is 0 Å². The molecule has 8 heteroatoms. The number of likely N-dealkylation sites (tertiary alicyclic amines) is 1. The number of piperidine rings is 1. The summed E-state index contributed by atoms with van der Waals surface area (Å²) in [7, 11) is 0. The fraction of sp³-hybridized carbons (Fsp3) is 0.800. The van der Waals surface area contributed by atoms with E-state index in [4.69, 9.17) is 9.47 Å². The van der Waals surface area contributed by atoms with E-state index in [9.17, 15) is 4.79 Å². The molecular formula is C15H23N5O3. The second-order valence-corrected chi connectivity index (χ2v) is 6.42. The van der Waals surface area contributed by atoms with Gasteiger partial charge >= 0.3 is 0 Å². The van der Waals surface area contributed by atoms with Crippen molar-refractivity contribution in [3.8, 4) is 0 Å². The molecule has 0 N–H and O–H groups in total. The molecule has 3 aliphatic heterocycles. The minimum Gasteiger partial charge on any atom is -0.379 e. The van der Waals surface area contributed by atoms with Crippen LogP contribution < -0.4 is 0 Å². The number of fused-ring (bicyclic) bond motifs is 3. The van der Waals surface area contributed by atoms with Crippen LogP contribution in [0.4, 0.5) is 0 Å². The maximum Gasteiger partial charge on any atom is 0.223 e. The standard InChI is InChI=1S/C15H23N5O3/c21-15(2-3-18-5-7-22-8-6-18)19-4-1-14-13(10-19)20-12(11-23-14)9-16-17-20/h9,13-14H,1-8,10-11H2/t13-,14+/m1/s1. The second kappa shape index (κ2) is 6.54. The maximum absolute atomic E-state index is 12.5. The van der Waals surface area contributed by atoms with E-state index in [1.54, 1.807) is 6.20 Å². The first-order chi connectivity index (χ1) is 11.3. The SMILES string of the molecule is O=C(CCN1CCOCC1)N1CC[C@@H]2OCc3cnnn3[C@@H]2C1. The molecule has 4 heterocycles. The lowest BCUT2D eigenvalue weighted by Gasteiger charge is -2.41. The van der Waals surface area contributed by atoms with E-state index >= 15 is 0 Å². The van der Waals surface area contributed by atoms with E-state index in [0.29, 0.717) is 19.6 Å². The predicted molar refractivity (Wildman–Crippen MR) is 80.7 cm³/mol. The molecule has 4 rings (SSSR count). The van der Waals surface area contributed by atoms with Gasteiger partial charge in [-0.1, -0.05) is 5.21 Å². The molecule has 8 nitrogen and oxygen atoms in total. The molecule has 2 fully saturated rings. The fourth-order valence-electron chi connectivity index (χ4n) is 3.64. The first-order valence-electron chi connectivity index (χ1n) is 8.40. The number of nitrogens with zero attached hydrogens (tertiary/aromatic N) is 5. The first kappa shape index (κ1) is 15.0. The van der Waals surface area contributed by atoms with Gasteiger partial charge in [0.2, 0.25) is 5.91 Å². The van der Waals surface area contributed by atoms with Gasteiger partial charge in [-0.25, -0.2) is 4.68 Å². The lowest BCUT2D eigenvalue weighted by molar-refractivity contribution is -0.138. The molecule has 0 radical (unpaired) electrons. The van der Waals surface area contributed by atoms with Crippen molar-refractivity contribution >= 4 is 5.91 Å². The molecule has 1 aromatic heterocycles. The highest BCUT2D eigenvalue weighted by molar-refractivity contribution is 5.76. The summed E-state index contributed by atoms with van der Waals surface area (Å²) in [4.78, 5) is 16.8. The van der Waals surface area contributed by atoms with Crippen LogP contribution in [0.5, 0.6) is 0 Å². The molecule has 1 amide bonds. The first-order valence-corrected chi connectivity index (χ1v) is 8.40. The summed E-state index contributed by atoms with van der Waals surface area (Å²) >= 11 is 0. The summed E-state index contributed by atoms with van der Waals surface area (Å²) in [6.07, 6.45) is 3.33. The molecule has 0 aromatic carbocycles. The van der Waals surface area contributed by atoms with Crippen LogP contribution in [0.3, 0.4) is 0 Å². The Hall–Kier alpha value is -1.51. The third-order valence-electron chi connectivity index (χ3n) is 5.03. The van der Waals surface area contributed by atoms with Crippen LogP contribution in [0.1, 0.15) is 24.6 Å². The molecule has 23 heavy (non-hydrogen) atoms. The third-order valence-corrected chi connectivity index (χ3v) is 5.03. The van der Waals surface area contributed by atoms with E-state index in [-0.39, 0.29) is 18.1 Å². The summed E-state index contributed by atoms with van der Waals surface area (Å²) in [6, 6.07) is 0.0994. The van der Waals surface area contributed by atoms with Gasteiger partial charge in [-0.2, -0.15) is 0 Å². The quantitative estimate of drug-likeness (QED) is 0.759. The average Bonchev–Trinajstić information content (AvgIpc) is 3.09. The van der Waals surface area contributed by atoms with Gasteiger partial charge in [0.15, 0.2) is 0 Å². The summed E-state index contributed by atoms with van der Waals surface area (Å²) in [5, 5.41) is 8.15. The lowest BCUT2D eigenvalue weighted by atomic mass is 10.00. The van der Waals surface area contributed by atoms with Crippen LogP contribution in [-0.4, -0.2) is 82.7 Å². The molecule has 0 aliphatic carbocycles. The zero-order chi connectivity index (χ0) is 15.6. The molecule has 0 spiro atoms. The van der Waals surface area contributed by atoms with Crippen molar-refractivity contribution in [2.45, 2.75) is 31.6 Å². The fourth-order valence-corrected chi connectivity index (χ4v) is 3.64. The molecule has 1 aromatic rings. The third kappa shape index (κ3) is 3.11. The molecule has 0 unspecified atom stereocenters. The number of aromatic nitrogens is 3. The molecule has 2 atom stereocenters. The molecule has 126 valence electrons. The normalized spacial score (nSPS) is 28.3. The van der Waals surface area contributed by atoms with Crippen molar-refractivity contribution in [1.82, 2.24) is 24.8 Å². The van der Waals surface area contributed by atoms with Crippen molar-refractivity contribution in [2.24, 2.45) is 0 Å². The Morgan fingerprint density at radius 2 is 2.17 bits per heavy atom. The summed E-state index contributed by atoms with van der Waals surface area (Å²) in [6.45, 7) is 6.22. The Kier molecular flexibility index (Phi) is 4.28. The number of morpholine rings is 1. The second-order valence-electron chi connectivity index (χ2n) is 6.42. The van der Waals surface area contributed by atoms with Gasteiger partial charge in [-0.15, -0.1) is 5.10 Å². The van der Waals surface area contributed by atoms with E-state index in [0.717, 1.165) is 51.5 Å². The van der Waals surface area contributed by atoms with Crippen molar-refractivity contribution in [1.29, 1.82) is 0 Å². The van der Waals surface area contributed by atoms with E-state index < -0.39 is 0 Å². The highest BCUT2D eigenvalue weighted by atomic mass is 16.5. The van der Waals surface area contributed by atoms with Crippen molar-refractivity contribution < 1.29 is 14.3 Å². The topological polar surface area (TPSA) is 72.7 Å². The molecule has 3 aliphatic rings. The number of rotatable bonds is 3. The number of hydrogen-bond acceptors (Lipinski definition) is 6. The Bertz CT molecular complexity index is 557. The van der Waals surface area contributed by atoms with Crippen molar-refractivity contribution in [2.75, 3.05) is 45.9 Å². The monoisotopic (exact) mass is 321 g/mol. The van der Waals surface area contributed by atoms with Crippen LogP contribution in [0.2, 0.25) is 0 Å². The van der Waals surface area contributed by atoms with Gasteiger partial charge in [-0.3, -0.25) is 9.69 Å². The van der Waals surface area contributed by atoms with Crippen LogP contribution in [-0.2, 0) is 20.9 Å². The molecule has 0 saturated carbocycles. The number of ether oxygens (including phenoxy) is 2. The largest absolute Gasteiger partial charge is 0.379 e. The van der Waals surface area contributed by atoms with Crippen molar-refractivity contribution in [3.05, 3.63) is 11.9 Å². The minimum absolute atomic E-state index is 0.0994. The van der Waals surface area contributed by atoms with Gasteiger partial charge < -0.3 is 14.4 Å². The maximum atomic E-state index is 12.5.